The minimum atomic E-state index is -1.32. The van der Waals surface area contributed by atoms with Crippen LogP contribution in [-0.4, -0.2) is 29.4 Å². The van der Waals surface area contributed by atoms with E-state index in [0.717, 1.165) is 0 Å². The molecule has 0 aromatic heterocycles. The Morgan fingerprint density at radius 1 is 1.35 bits per heavy atom. The maximum absolute atomic E-state index is 11.6. The molecule has 0 atom stereocenters. The number of aliphatic hydroxyl groups excluding tert-OH is 1. The summed E-state index contributed by atoms with van der Waals surface area (Å²) in [5.41, 5.74) is 0.576. The van der Waals surface area contributed by atoms with Gasteiger partial charge in [-0.05, 0) is 36.8 Å². The van der Waals surface area contributed by atoms with Gasteiger partial charge >= 0.3 is 0 Å². The molecule has 0 saturated heterocycles. The number of benzene rings is 1. The van der Waals surface area contributed by atoms with E-state index in [2.05, 4.69) is 0 Å². The van der Waals surface area contributed by atoms with Gasteiger partial charge in [0.2, 0.25) is 0 Å². The van der Waals surface area contributed by atoms with Crippen LogP contribution in [0, 0.1) is 0 Å². The summed E-state index contributed by atoms with van der Waals surface area (Å²) in [6, 6.07) is 6.82. The van der Waals surface area contributed by atoms with Crippen LogP contribution in [0.2, 0.25) is 0 Å². The van der Waals surface area contributed by atoms with Gasteiger partial charge in [-0.25, -0.2) is 0 Å². The number of rotatable bonds is 6. The SMILES string of the molecule is COc1ccc(C(=O)/C=C/CCC(O)O)cc1. The maximum Gasteiger partial charge on any atom is 0.185 e. The standard InChI is InChI=1S/C13H16O4/c1-17-11-8-6-10(7-9-11)12(14)4-2-3-5-13(15)16/h2,4,6-9,13,15-16H,3,5H2,1H3/b4-2+. The molecule has 0 aliphatic carbocycles. The number of hydrogen-bond donors (Lipinski definition) is 2. The minimum Gasteiger partial charge on any atom is -0.497 e. The number of ketones is 1. The first-order valence-corrected chi connectivity index (χ1v) is 5.34. The fraction of sp³-hybridized carbons (Fsp3) is 0.308. The van der Waals surface area contributed by atoms with Crippen molar-refractivity contribution in [1.82, 2.24) is 0 Å². The molecule has 0 radical (unpaired) electrons. The smallest absolute Gasteiger partial charge is 0.185 e. The molecule has 1 aromatic rings. The van der Waals surface area contributed by atoms with Crippen LogP contribution >= 0.6 is 0 Å². The lowest BCUT2D eigenvalue weighted by molar-refractivity contribution is -0.0442. The lowest BCUT2D eigenvalue weighted by Crippen LogP contribution is -2.02. The van der Waals surface area contributed by atoms with Crippen molar-refractivity contribution in [2.45, 2.75) is 19.1 Å². The summed E-state index contributed by atoms with van der Waals surface area (Å²) < 4.78 is 4.99. The lowest BCUT2D eigenvalue weighted by atomic mass is 10.1. The summed E-state index contributed by atoms with van der Waals surface area (Å²) in [7, 11) is 1.57. The summed E-state index contributed by atoms with van der Waals surface area (Å²) >= 11 is 0. The van der Waals surface area contributed by atoms with Crippen molar-refractivity contribution in [3.05, 3.63) is 42.0 Å². The largest absolute Gasteiger partial charge is 0.497 e. The van der Waals surface area contributed by atoms with Crippen molar-refractivity contribution >= 4 is 5.78 Å². The number of allylic oxidation sites excluding steroid dienone is 2. The Morgan fingerprint density at radius 3 is 2.53 bits per heavy atom. The molecule has 0 spiro atoms. The molecule has 92 valence electrons. The molecule has 1 rings (SSSR count). The van der Waals surface area contributed by atoms with Gasteiger partial charge in [-0.1, -0.05) is 6.08 Å². The molecule has 1 aromatic carbocycles. The molecule has 0 aliphatic rings. The molecule has 4 heteroatoms. The van der Waals surface area contributed by atoms with Crippen LogP contribution < -0.4 is 4.74 Å². The first-order chi connectivity index (χ1) is 8.13. The lowest BCUT2D eigenvalue weighted by Gasteiger charge is -2.00. The van der Waals surface area contributed by atoms with Crippen LogP contribution in [0.15, 0.2) is 36.4 Å². The van der Waals surface area contributed by atoms with Crippen molar-refractivity contribution < 1.29 is 19.7 Å². The van der Waals surface area contributed by atoms with E-state index in [9.17, 15) is 4.79 Å². The quantitative estimate of drug-likeness (QED) is 0.446. The number of hydrogen-bond acceptors (Lipinski definition) is 4. The minimum absolute atomic E-state index is 0.111. The van der Waals surface area contributed by atoms with Gasteiger partial charge in [-0.3, -0.25) is 4.79 Å². The van der Waals surface area contributed by atoms with Crippen LogP contribution in [0.4, 0.5) is 0 Å². The van der Waals surface area contributed by atoms with E-state index in [-0.39, 0.29) is 12.2 Å². The summed E-state index contributed by atoms with van der Waals surface area (Å²) in [6.07, 6.45) is 2.43. The number of aliphatic hydroxyl groups is 2. The van der Waals surface area contributed by atoms with Gasteiger partial charge in [0.15, 0.2) is 12.1 Å². The average Bonchev–Trinajstić information content (AvgIpc) is 2.34. The predicted octanol–water partition coefficient (Wildman–Crippen LogP) is 1.52. The average molecular weight is 236 g/mol. The highest BCUT2D eigenvalue weighted by Crippen LogP contribution is 2.12. The second-order valence-corrected chi connectivity index (χ2v) is 3.55. The highest BCUT2D eigenvalue weighted by atomic mass is 16.5. The Labute approximate surface area is 100 Å². The van der Waals surface area contributed by atoms with Crippen molar-refractivity contribution in [1.29, 1.82) is 0 Å². The van der Waals surface area contributed by atoms with Crippen LogP contribution in [0.3, 0.4) is 0 Å². The molecule has 0 heterocycles. The van der Waals surface area contributed by atoms with E-state index >= 15 is 0 Å². The zero-order valence-electron chi connectivity index (χ0n) is 9.67. The summed E-state index contributed by atoms with van der Waals surface area (Å²) in [6.45, 7) is 0. The third kappa shape index (κ3) is 4.80. The molecule has 4 nitrogen and oxygen atoms in total. The topological polar surface area (TPSA) is 66.8 Å². The maximum atomic E-state index is 11.6. The van der Waals surface area contributed by atoms with Gasteiger partial charge in [0.1, 0.15) is 5.75 Å². The van der Waals surface area contributed by atoms with E-state index in [1.807, 2.05) is 0 Å². The highest BCUT2D eigenvalue weighted by molar-refractivity contribution is 6.04. The first-order valence-electron chi connectivity index (χ1n) is 5.34. The van der Waals surface area contributed by atoms with E-state index in [4.69, 9.17) is 14.9 Å². The van der Waals surface area contributed by atoms with Gasteiger partial charge in [0, 0.05) is 12.0 Å². The summed E-state index contributed by atoms with van der Waals surface area (Å²) in [4.78, 5) is 11.6. The Balaban J connectivity index is 2.51. The fourth-order valence-electron chi connectivity index (χ4n) is 1.29. The number of methoxy groups -OCH3 is 1. The Bertz CT molecular complexity index is 379. The fourth-order valence-corrected chi connectivity index (χ4v) is 1.29. The number of ether oxygens (including phenoxy) is 1. The van der Waals surface area contributed by atoms with Crippen LogP contribution in [0.25, 0.3) is 0 Å². The molecule has 17 heavy (non-hydrogen) atoms. The molecule has 0 bridgehead atoms. The van der Waals surface area contributed by atoms with Gasteiger partial charge < -0.3 is 14.9 Å². The predicted molar refractivity (Wildman–Crippen MR) is 63.9 cm³/mol. The van der Waals surface area contributed by atoms with Gasteiger partial charge in [0.05, 0.1) is 7.11 Å². The van der Waals surface area contributed by atoms with Crippen molar-refractivity contribution in [2.24, 2.45) is 0 Å². The second-order valence-electron chi connectivity index (χ2n) is 3.55. The molecule has 0 saturated carbocycles. The zero-order chi connectivity index (χ0) is 12.7. The Hall–Kier alpha value is -1.65. The molecular weight excluding hydrogens is 220 g/mol. The van der Waals surface area contributed by atoms with Gasteiger partial charge in [0.25, 0.3) is 0 Å². The Kier molecular flexibility index (Phi) is 5.39. The second kappa shape index (κ2) is 6.83. The normalized spacial score (nSPS) is 11.1. The first kappa shape index (κ1) is 13.4. The van der Waals surface area contributed by atoms with E-state index in [0.29, 0.717) is 17.7 Å². The molecule has 0 amide bonds. The van der Waals surface area contributed by atoms with Crippen LogP contribution in [0.1, 0.15) is 23.2 Å². The van der Waals surface area contributed by atoms with E-state index in [1.54, 1.807) is 37.5 Å². The summed E-state index contributed by atoms with van der Waals surface area (Å²) in [5.74, 6) is 0.592. The molecule has 0 aliphatic heterocycles. The van der Waals surface area contributed by atoms with Crippen molar-refractivity contribution in [3.8, 4) is 5.75 Å². The highest BCUT2D eigenvalue weighted by Gasteiger charge is 2.01. The van der Waals surface area contributed by atoms with Crippen molar-refractivity contribution in [2.75, 3.05) is 7.11 Å². The van der Waals surface area contributed by atoms with Crippen LogP contribution in [-0.2, 0) is 0 Å². The van der Waals surface area contributed by atoms with Gasteiger partial charge in [-0.15, -0.1) is 0 Å². The third-order valence-electron chi connectivity index (χ3n) is 2.24. The molecule has 0 fully saturated rings. The number of carbonyl (C=O) groups excluding carboxylic acids is 1. The van der Waals surface area contributed by atoms with Gasteiger partial charge in [-0.2, -0.15) is 0 Å². The Morgan fingerprint density at radius 2 is 2.00 bits per heavy atom. The number of carbonyl (C=O) groups is 1. The monoisotopic (exact) mass is 236 g/mol. The third-order valence-corrected chi connectivity index (χ3v) is 2.24. The molecular formula is C13H16O4. The zero-order valence-corrected chi connectivity index (χ0v) is 9.67. The summed E-state index contributed by atoms with van der Waals surface area (Å²) in [5, 5.41) is 17.2. The van der Waals surface area contributed by atoms with E-state index < -0.39 is 6.29 Å². The molecule has 2 N–H and O–H groups in total. The molecule has 0 unspecified atom stereocenters. The van der Waals surface area contributed by atoms with Crippen LogP contribution in [0.5, 0.6) is 5.75 Å². The van der Waals surface area contributed by atoms with E-state index in [1.165, 1.54) is 6.08 Å². The van der Waals surface area contributed by atoms with Crippen molar-refractivity contribution in [3.63, 3.8) is 0 Å².